The molecule has 0 bridgehead atoms. The van der Waals surface area contributed by atoms with Gasteiger partial charge in [-0.1, -0.05) is 24.6 Å². The van der Waals surface area contributed by atoms with E-state index in [0.717, 1.165) is 12.1 Å². The molecule has 146 valence electrons. The summed E-state index contributed by atoms with van der Waals surface area (Å²) >= 11 is 5.55. The fourth-order valence-corrected chi connectivity index (χ4v) is 3.60. The van der Waals surface area contributed by atoms with Gasteiger partial charge in [0, 0.05) is 17.8 Å². The number of rotatable bonds is 5. The number of nitrogens with one attached hydrogen (secondary N) is 2. The molecule has 10 heteroatoms. The molecule has 0 saturated heterocycles. The molecule has 0 saturated carbocycles. The molecule has 0 radical (unpaired) electrons. The van der Waals surface area contributed by atoms with Crippen molar-refractivity contribution in [1.29, 1.82) is 0 Å². The third kappa shape index (κ3) is 5.00. The first-order chi connectivity index (χ1) is 12.5. The summed E-state index contributed by atoms with van der Waals surface area (Å²) in [5, 5.41) is 1.85. The summed E-state index contributed by atoms with van der Waals surface area (Å²) in [6.45, 7) is 3.36. The number of carbonyl (C=O) groups is 1. The Labute approximate surface area is 159 Å². The Hall–Kier alpha value is -2.10. The van der Waals surface area contributed by atoms with E-state index in [4.69, 9.17) is 11.6 Å². The van der Waals surface area contributed by atoms with Gasteiger partial charge in [0.15, 0.2) is 0 Å². The Kier molecular flexibility index (Phi) is 6.18. The number of anilines is 1. The van der Waals surface area contributed by atoms with Crippen LogP contribution < -0.4 is 10.0 Å². The molecule has 0 aliphatic heterocycles. The number of carbonyl (C=O) groups excluding carboxylic acids is 1. The van der Waals surface area contributed by atoms with Crippen molar-refractivity contribution >= 4 is 33.2 Å². The standard InChI is InChI=1S/C17H16ClF3N2O3S/c1-3-22-27(25,26)12-6-4-10(2)13(9-12)16(24)23-11-5-7-15(18)14(8-11)17(19,20)21/h4-9,22H,3H2,1-2H3,(H,23,24). The number of amides is 1. The third-order valence-electron chi connectivity index (χ3n) is 3.63. The number of halogens is 4. The molecule has 0 fully saturated rings. The normalized spacial score (nSPS) is 12.1. The first-order valence-corrected chi connectivity index (χ1v) is 9.60. The number of sulfonamides is 1. The molecule has 0 heterocycles. The largest absolute Gasteiger partial charge is 0.417 e. The molecule has 2 N–H and O–H groups in total. The molecule has 2 aromatic carbocycles. The number of hydrogen-bond acceptors (Lipinski definition) is 3. The average molecular weight is 421 g/mol. The molecular formula is C17H16ClF3N2O3S. The van der Waals surface area contributed by atoms with Crippen LogP contribution in [-0.4, -0.2) is 20.9 Å². The Morgan fingerprint density at radius 3 is 2.41 bits per heavy atom. The lowest BCUT2D eigenvalue weighted by atomic mass is 10.1. The van der Waals surface area contributed by atoms with Crippen LogP contribution in [0.25, 0.3) is 0 Å². The van der Waals surface area contributed by atoms with E-state index in [1.165, 1.54) is 24.3 Å². The fraction of sp³-hybridized carbons (Fsp3) is 0.235. The second-order valence-corrected chi connectivity index (χ2v) is 7.80. The summed E-state index contributed by atoms with van der Waals surface area (Å²) in [6.07, 6.45) is -4.67. The van der Waals surface area contributed by atoms with Gasteiger partial charge in [-0.15, -0.1) is 0 Å². The number of alkyl halides is 3. The highest BCUT2D eigenvalue weighted by molar-refractivity contribution is 7.89. The molecule has 0 aliphatic rings. The molecule has 0 aromatic heterocycles. The van der Waals surface area contributed by atoms with Gasteiger partial charge in [0.25, 0.3) is 5.91 Å². The van der Waals surface area contributed by atoms with E-state index >= 15 is 0 Å². The van der Waals surface area contributed by atoms with Crippen LogP contribution in [-0.2, 0) is 16.2 Å². The molecule has 0 unspecified atom stereocenters. The molecule has 1 amide bonds. The molecule has 27 heavy (non-hydrogen) atoms. The Morgan fingerprint density at radius 2 is 1.81 bits per heavy atom. The van der Waals surface area contributed by atoms with E-state index < -0.39 is 32.7 Å². The molecule has 2 rings (SSSR count). The van der Waals surface area contributed by atoms with Gasteiger partial charge >= 0.3 is 6.18 Å². The van der Waals surface area contributed by atoms with Gasteiger partial charge in [0.2, 0.25) is 10.0 Å². The van der Waals surface area contributed by atoms with Crippen molar-refractivity contribution in [2.24, 2.45) is 0 Å². The Balaban J connectivity index is 2.37. The Morgan fingerprint density at radius 1 is 1.15 bits per heavy atom. The van der Waals surface area contributed by atoms with Crippen molar-refractivity contribution < 1.29 is 26.4 Å². The second-order valence-electron chi connectivity index (χ2n) is 5.62. The van der Waals surface area contributed by atoms with Gasteiger partial charge in [0.1, 0.15) is 0 Å². The lowest BCUT2D eigenvalue weighted by molar-refractivity contribution is -0.137. The van der Waals surface area contributed by atoms with Crippen LogP contribution in [0.2, 0.25) is 5.02 Å². The zero-order valence-electron chi connectivity index (χ0n) is 14.3. The minimum atomic E-state index is -4.67. The van der Waals surface area contributed by atoms with E-state index in [0.29, 0.717) is 5.56 Å². The lowest BCUT2D eigenvalue weighted by Gasteiger charge is -2.13. The quantitative estimate of drug-likeness (QED) is 0.760. The monoisotopic (exact) mass is 420 g/mol. The van der Waals surface area contributed by atoms with Crippen LogP contribution in [0.15, 0.2) is 41.3 Å². The summed E-state index contributed by atoms with van der Waals surface area (Å²) in [7, 11) is -3.78. The van der Waals surface area contributed by atoms with E-state index in [2.05, 4.69) is 10.0 Å². The molecule has 0 spiro atoms. The van der Waals surface area contributed by atoms with Crippen molar-refractivity contribution in [1.82, 2.24) is 4.72 Å². The highest BCUT2D eigenvalue weighted by Crippen LogP contribution is 2.36. The first kappa shape index (κ1) is 21.2. The summed E-state index contributed by atoms with van der Waals surface area (Å²) < 4.78 is 65.3. The molecule has 5 nitrogen and oxygen atoms in total. The predicted molar refractivity (Wildman–Crippen MR) is 96.4 cm³/mol. The molecule has 0 aliphatic carbocycles. The van der Waals surface area contributed by atoms with Gasteiger partial charge in [-0.3, -0.25) is 4.79 Å². The zero-order chi connectivity index (χ0) is 20.4. The van der Waals surface area contributed by atoms with Crippen molar-refractivity contribution in [2.45, 2.75) is 24.9 Å². The van der Waals surface area contributed by atoms with Crippen LogP contribution in [0.4, 0.5) is 18.9 Å². The van der Waals surface area contributed by atoms with E-state index in [-0.39, 0.29) is 22.7 Å². The zero-order valence-corrected chi connectivity index (χ0v) is 15.9. The third-order valence-corrected chi connectivity index (χ3v) is 5.50. The van der Waals surface area contributed by atoms with Gasteiger partial charge < -0.3 is 5.32 Å². The van der Waals surface area contributed by atoms with Crippen molar-refractivity contribution in [3.63, 3.8) is 0 Å². The maximum Gasteiger partial charge on any atom is 0.417 e. The van der Waals surface area contributed by atoms with E-state index in [1.807, 2.05) is 0 Å². The number of hydrogen-bond donors (Lipinski definition) is 2. The van der Waals surface area contributed by atoms with E-state index in [9.17, 15) is 26.4 Å². The topological polar surface area (TPSA) is 75.3 Å². The van der Waals surface area contributed by atoms with Crippen LogP contribution >= 0.6 is 11.6 Å². The van der Waals surface area contributed by atoms with Crippen LogP contribution in [0, 0.1) is 6.92 Å². The highest BCUT2D eigenvalue weighted by Gasteiger charge is 2.33. The van der Waals surface area contributed by atoms with Gasteiger partial charge in [0.05, 0.1) is 15.5 Å². The lowest BCUT2D eigenvalue weighted by Crippen LogP contribution is -2.24. The first-order valence-electron chi connectivity index (χ1n) is 7.74. The van der Waals surface area contributed by atoms with Crippen molar-refractivity contribution in [3.05, 3.63) is 58.1 Å². The van der Waals surface area contributed by atoms with Gasteiger partial charge in [-0.2, -0.15) is 13.2 Å². The number of benzene rings is 2. The minimum absolute atomic E-state index is 0.0255. The van der Waals surface area contributed by atoms with Crippen molar-refractivity contribution in [3.8, 4) is 0 Å². The van der Waals surface area contributed by atoms with Crippen LogP contribution in [0.3, 0.4) is 0 Å². The summed E-state index contributed by atoms with van der Waals surface area (Å²) in [6, 6.07) is 6.93. The SMILES string of the molecule is CCNS(=O)(=O)c1ccc(C)c(C(=O)Nc2ccc(Cl)c(C(F)(F)F)c2)c1. The highest BCUT2D eigenvalue weighted by atomic mass is 35.5. The fourth-order valence-electron chi connectivity index (χ4n) is 2.30. The summed E-state index contributed by atoms with van der Waals surface area (Å²) in [4.78, 5) is 12.4. The van der Waals surface area contributed by atoms with Crippen LogP contribution in [0.5, 0.6) is 0 Å². The second kappa shape index (κ2) is 7.87. The molecular weight excluding hydrogens is 405 g/mol. The number of aryl methyl sites for hydroxylation is 1. The van der Waals surface area contributed by atoms with Gasteiger partial charge in [-0.25, -0.2) is 13.1 Å². The smallest absolute Gasteiger partial charge is 0.322 e. The predicted octanol–water partition coefficient (Wildman–Crippen LogP) is 4.22. The van der Waals surface area contributed by atoms with Crippen molar-refractivity contribution in [2.75, 3.05) is 11.9 Å². The summed E-state index contributed by atoms with van der Waals surface area (Å²) in [5.41, 5.74) is -0.705. The maximum atomic E-state index is 12.9. The van der Waals surface area contributed by atoms with E-state index in [1.54, 1.807) is 13.8 Å². The van der Waals surface area contributed by atoms with Gasteiger partial charge in [-0.05, 0) is 42.8 Å². The maximum absolute atomic E-state index is 12.9. The molecule has 2 aromatic rings. The van der Waals surface area contributed by atoms with Crippen LogP contribution in [0.1, 0.15) is 28.4 Å². The minimum Gasteiger partial charge on any atom is -0.322 e. The summed E-state index contributed by atoms with van der Waals surface area (Å²) in [5.74, 6) is -0.739. The molecule has 0 atom stereocenters. The Bertz CT molecular complexity index is 976. The average Bonchev–Trinajstić information content (AvgIpc) is 2.55.